The van der Waals surface area contributed by atoms with Crippen molar-refractivity contribution in [3.63, 3.8) is 0 Å². The van der Waals surface area contributed by atoms with Gasteiger partial charge in [0.1, 0.15) is 0 Å². The van der Waals surface area contributed by atoms with Gasteiger partial charge in [0.2, 0.25) is 0 Å². The molecular weight excluding hydrogens is 252 g/mol. The van der Waals surface area contributed by atoms with E-state index in [2.05, 4.69) is 10.3 Å². The zero-order valence-electron chi connectivity index (χ0n) is 9.34. The molecule has 0 spiro atoms. The molecule has 0 aliphatic heterocycles. The number of carboxylic acid groups (broad SMARTS) is 1. The molecular formula is C11H8N4O2S. The Morgan fingerprint density at radius 1 is 1.50 bits per heavy atom. The van der Waals surface area contributed by atoms with Gasteiger partial charge in [0.15, 0.2) is 11.4 Å². The van der Waals surface area contributed by atoms with Crippen LogP contribution in [0, 0.1) is 22.8 Å². The molecule has 0 unspecified atom stereocenters. The molecule has 0 radical (unpaired) electrons. The third-order valence-electron chi connectivity index (χ3n) is 1.93. The van der Waals surface area contributed by atoms with Crippen molar-refractivity contribution in [3.8, 4) is 12.3 Å². The SMILES string of the molecule is CSC(=Nc1ccc(C#N)cc1C(=O)O)NC#N. The molecule has 0 atom stereocenters. The number of thioether (sulfide) groups is 1. The summed E-state index contributed by atoms with van der Waals surface area (Å²) in [5.74, 6) is -1.18. The van der Waals surface area contributed by atoms with E-state index in [1.807, 2.05) is 6.07 Å². The second-order valence-corrected chi connectivity index (χ2v) is 3.80. The number of carbonyl (C=O) groups is 1. The number of amidine groups is 1. The predicted octanol–water partition coefficient (Wildman–Crippen LogP) is 1.68. The maximum Gasteiger partial charge on any atom is 0.337 e. The number of aliphatic imine (C=N–C) groups is 1. The first-order chi connectivity index (χ1) is 8.62. The predicted molar refractivity (Wildman–Crippen MR) is 67.5 cm³/mol. The van der Waals surface area contributed by atoms with E-state index in [-0.39, 0.29) is 22.0 Å². The maximum absolute atomic E-state index is 11.0. The minimum atomic E-state index is -1.18. The minimum Gasteiger partial charge on any atom is -0.478 e. The molecule has 1 rings (SSSR count). The molecule has 1 aromatic carbocycles. The van der Waals surface area contributed by atoms with Gasteiger partial charge < -0.3 is 5.11 Å². The van der Waals surface area contributed by atoms with Crippen molar-refractivity contribution < 1.29 is 9.90 Å². The van der Waals surface area contributed by atoms with Gasteiger partial charge in [-0.05, 0) is 24.5 Å². The minimum absolute atomic E-state index is 0.0830. The quantitative estimate of drug-likeness (QED) is 0.362. The summed E-state index contributed by atoms with van der Waals surface area (Å²) in [6.45, 7) is 0. The molecule has 0 bridgehead atoms. The molecule has 0 amide bonds. The smallest absolute Gasteiger partial charge is 0.337 e. The van der Waals surface area contributed by atoms with Gasteiger partial charge >= 0.3 is 5.97 Å². The fraction of sp³-hybridized carbons (Fsp3) is 0.0909. The van der Waals surface area contributed by atoms with Crippen molar-refractivity contribution >= 4 is 28.6 Å². The molecule has 0 saturated carbocycles. The Bertz CT molecular complexity index is 584. The summed E-state index contributed by atoms with van der Waals surface area (Å²) in [4.78, 5) is 15.1. The first-order valence-corrected chi connectivity index (χ1v) is 5.90. The average Bonchev–Trinajstić information content (AvgIpc) is 2.38. The second-order valence-electron chi connectivity index (χ2n) is 3.01. The number of hydrogen-bond acceptors (Lipinski definition) is 5. The Labute approximate surface area is 108 Å². The molecule has 2 N–H and O–H groups in total. The van der Waals surface area contributed by atoms with Gasteiger partial charge in [0, 0.05) is 0 Å². The number of benzene rings is 1. The van der Waals surface area contributed by atoms with Crippen LogP contribution in [0.15, 0.2) is 23.2 Å². The molecule has 7 heteroatoms. The Balaban J connectivity index is 3.29. The summed E-state index contributed by atoms with van der Waals surface area (Å²) in [7, 11) is 0. The van der Waals surface area contributed by atoms with Crippen molar-refractivity contribution in [2.75, 3.05) is 6.26 Å². The molecule has 6 nitrogen and oxygen atoms in total. The van der Waals surface area contributed by atoms with Crippen molar-refractivity contribution in [3.05, 3.63) is 29.3 Å². The Hall–Kier alpha value is -2.51. The normalized spacial score (nSPS) is 10.3. The highest BCUT2D eigenvalue weighted by molar-refractivity contribution is 8.13. The fourth-order valence-corrected chi connectivity index (χ4v) is 1.49. The van der Waals surface area contributed by atoms with E-state index in [1.165, 1.54) is 30.0 Å². The number of aromatic carboxylic acids is 1. The molecule has 0 heterocycles. The summed E-state index contributed by atoms with van der Waals surface area (Å²) < 4.78 is 0. The van der Waals surface area contributed by atoms with Gasteiger partial charge in [0.05, 0.1) is 22.9 Å². The van der Waals surface area contributed by atoms with Crippen LogP contribution in [0.5, 0.6) is 0 Å². The highest BCUT2D eigenvalue weighted by Gasteiger charge is 2.11. The molecule has 0 aliphatic rings. The van der Waals surface area contributed by atoms with Crippen LogP contribution in [-0.4, -0.2) is 22.5 Å². The number of nitrogens with one attached hydrogen (secondary N) is 1. The van der Waals surface area contributed by atoms with Crippen LogP contribution >= 0.6 is 11.8 Å². The molecule has 0 fully saturated rings. The van der Waals surface area contributed by atoms with Gasteiger partial charge in [-0.2, -0.15) is 10.5 Å². The van der Waals surface area contributed by atoms with Crippen LogP contribution in [-0.2, 0) is 0 Å². The van der Waals surface area contributed by atoms with E-state index in [4.69, 9.17) is 15.6 Å². The topological polar surface area (TPSA) is 109 Å². The lowest BCUT2D eigenvalue weighted by atomic mass is 10.1. The molecule has 0 saturated heterocycles. The first kappa shape index (κ1) is 13.6. The lowest BCUT2D eigenvalue weighted by molar-refractivity contribution is 0.0698. The third kappa shape index (κ3) is 3.24. The van der Waals surface area contributed by atoms with Gasteiger partial charge in [-0.25, -0.2) is 9.79 Å². The summed E-state index contributed by atoms with van der Waals surface area (Å²) in [5, 5.41) is 28.8. The van der Waals surface area contributed by atoms with Crippen molar-refractivity contribution in [2.24, 2.45) is 4.99 Å². The lowest BCUT2D eigenvalue weighted by Gasteiger charge is -2.03. The Kier molecular flexibility index (Phi) is 4.73. The number of hydrogen-bond donors (Lipinski definition) is 2. The van der Waals surface area contributed by atoms with Gasteiger partial charge in [0.25, 0.3) is 0 Å². The molecule has 18 heavy (non-hydrogen) atoms. The average molecular weight is 260 g/mol. The number of nitriles is 2. The van der Waals surface area contributed by atoms with E-state index in [0.717, 1.165) is 0 Å². The summed E-state index contributed by atoms with van der Waals surface area (Å²) >= 11 is 1.18. The van der Waals surface area contributed by atoms with E-state index in [0.29, 0.717) is 0 Å². The van der Waals surface area contributed by atoms with Gasteiger partial charge in [-0.15, -0.1) is 0 Å². The van der Waals surface area contributed by atoms with Crippen LogP contribution < -0.4 is 5.32 Å². The van der Waals surface area contributed by atoms with Crippen LogP contribution in [0.4, 0.5) is 5.69 Å². The summed E-state index contributed by atoms with van der Waals surface area (Å²) in [6, 6.07) is 5.99. The highest BCUT2D eigenvalue weighted by Crippen LogP contribution is 2.21. The van der Waals surface area contributed by atoms with E-state index < -0.39 is 5.97 Å². The van der Waals surface area contributed by atoms with Crippen LogP contribution in [0.25, 0.3) is 0 Å². The van der Waals surface area contributed by atoms with Gasteiger partial charge in [-0.3, -0.25) is 5.32 Å². The van der Waals surface area contributed by atoms with Crippen molar-refractivity contribution in [1.82, 2.24) is 5.32 Å². The van der Waals surface area contributed by atoms with Crippen LogP contribution in [0.1, 0.15) is 15.9 Å². The maximum atomic E-state index is 11.0. The highest BCUT2D eigenvalue weighted by atomic mass is 32.2. The number of carboxylic acids is 1. The Morgan fingerprint density at radius 2 is 2.22 bits per heavy atom. The molecule has 0 aliphatic carbocycles. The molecule has 0 aromatic heterocycles. The van der Waals surface area contributed by atoms with E-state index in [1.54, 1.807) is 12.4 Å². The van der Waals surface area contributed by atoms with Crippen LogP contribution in [0.2, 0.25) is 0 Å². The largest absolute Gasteiger partial charge is 0.478 e. The molecule has 90 valence electrons. The second kappa shape index (κ2) is 6.28. The standard InChI is InChI=1S/C11H8N4O2S/c1-18-11(14-6-13)15-9-3-2-7(5-12)4-8(9)10(16)17/h2-4H,1H3,(H,14,15)(H,16,17). The van der Waals surface area contributed by atoms with Crippen molar-refractivity contribution in [2.45, 2.75) is 0 Å². The summed E-state index contributed by atoms with van der Waals surface area (Å²) in [6.07, 6.45) is 3.41. The van der Waals surface area contributed by atoms with E-state index in [9.17, 15) is 4.79 Å². The fourth-order valence-electron chi connectivity index (χ4n) is 1.16. The van der Waals surface area contributed by atoms with E-state index >= 15 is 0 Å². The first-order valence-electron chi connectivity index (χ1n) is 4.67. The lowest BCUT2D eigenvalue weighted by Crippen LogP contribution is -2.13. The monoisotopic (exact) mass is 260 g/mol. The van der Waals surface area contributed by atoms with Crippen LogP contribution in [0.3, 0.4) is 0 Å². The summed E-state index contributed by atoms with van der Waals surface area (Å²) in [5.41, 5.74) is 0.347. The number of rotatable bonds is 2. The van der Waals surface area contributed by atoms with Gasteiger partial charge in [-0.1, -0.05) is 11.8 Å². The number of nitrogens with zero attached hydrogens (tertiary/aromatic N) is 3. The third-order valence-corrected chi connectivity index (χ3v) is 2.51. The Morgan fingerprint density at radius 3 is 2.72 bits per heavy atom. The molecule has 1 aromatic rings. The zero-order valence-corrected chi connectivity index (χ0v) is 10.2. The van der Waals surface area contributed by atoms with Crippen molar-refractivity contribution in [1.29, 1.82) is 10.5 Å². The zero-order chi connectivity index (χ0) is 13.5.